The fraction of sp³-hybridized carbons (Fsp3) is 0.538. The topological polar surface area (TPSA) is 58.7 Å². The summed E-state index contributed by atoms with van der Waals surface area (Å²) in [6.45, 7) is 4.97. The zero-order valence-corrected chi connectivity index (χ0v) is 10.7. The Hall–Kier alpha value is -1.17. The van der Waals surface area contributed by atoms with Crippen molar-refractivity contribution in [2.45, 2.75) is 13.5 Å². The van der Waals surface area contributed by atoms with Gasteiger partial charge in [0.1, 0.15) is 5.82 Å². The number of nitrogens with two attached hydrogens (primary N) is 1. The van der Waals surface area contributed by atoms with Crippen molar-refractivity contribution in [3.8, 4) is 0 Å². The SMILES string of the molecule is CCN(CCOCCO)Cc1ccc(N)cc1F. The summed E-state index contributed by atoms with van der Waals surface area (Å²) in [6, 6.07) is 4.75. The zero-order valence-electron chi connectivity index (χ0n) is 10.7. The maximum absolute atomic E-state index is 13.6. The number of benzene rings is 1. The molecule has 4 nitrogen and oxygen atoms in total. The van der Waals surface area contributed by atoms with Crippen molar-refractivity contribution < 1.29 is 14.2 Å². The normalized spacial score (nSPS) is 11.1. The summed E-state index contributed by atoms with van der Waals surface area (Å²) in [5.41, 5.74) is 6.58. The molecule has 0 saturated heterocycles. The highest BCUT2D eigenvalue weighted by atomic mass is 19.1. The second-order valence-electron chi connectivity index (χ2n) is 4.06. The van der Waals surface area contributed by atoms with Crippen LogP contribution in [0.4, 0.5) is 10.1 Å². The lowest BCUT2D eigenvalue weighted by Crippen LogP contribution is -2.27. The third kappa shape index (κ3) is 5.00. The van der Waals surface area contributed by atoms with E-state index in [0.29, 0.717) is 37.6 Å². The first-order valence-electron chi connectivity index (χ1n) is 6.12. The molecule has 1 aromatic rings. The summed E-state index contributed by atoms with van der Waals surface area (Å²) in [5.74, 6) is -0.273. The fourth-order valence-electron chi connectivity index (χ4n) is 1.64. The molecule has 18 heavy (non-hydrogen) atoms. The Labute approximate surface area is 107 Å². The van der Waals surface area contributed by atoms with Gasteiger partial charge in [0, 0.05) is 24.3 Å². The number of anilines is 1. The quantitative estimate of drug-likeness (QED) is 0.543. The maximum Gasteiger partial charge on any atom is 0.129 e. The molecule has 0 aliphatic carbocycles. The number of hydrogen-bond donors (Lipinski definition) is 2. The minimum Gasteiger partial charge on any atom is -0.399 e. The molecular weight excluding hydrogens is 235 g/mol. The Balaban J connectivity index is 2.46. The van der Waals surface area contributed by atoms with Gasteiger partial charge in [-0.2, -0.15) is 0 Å². The smallest absolute Gasteiger partial charge is 0.129 e. The van der Waals surface area contributed by atoms with E-state index < -0.39 is 0 Å². The summed E-state index contributed by atoms with van der Waals surface area (Å²) in [6.07, 6.45) is 0. The Kier molecular flexibility index (Phi) is 6.64. The molecule has 5 heteroatoms. The first-order valence-corrected chi connectivity index (χ1v) is 6.12. The van der Waals surface area contributed by atoms with Gasteiger partial charge < -0.3 is 15.6 Å². The van der Waals surface area contributed by atoms with Crippen molar-refractivity contribution in [3.63, 3.8) is 0 Å². The lowest BCUT2D eigenvalue weighted by atomic mass is 10.2. The number of ether oxygens (including phenoxy) is 1. The van der Waals surface area contributed by atoms with Crippen molar-refractivity contribution in [2.24, 2.45) is 0 Å². The number of nitrogen functional groups attached to an aromatic ring is 1. The largest absolute Gasteiger partial charge is 0.399 e. The van der Waals surface area contributed by atoms with Gasteiger partial charge in [-0.25, -0.2) is 4.39 Å². The van der Waals surface area contributed by atoms with Crippen LogP contribution in [0.3, 0.4) is 0 Å². The molecule has 0 fully saturated rings. The first kappa shape index (κ1) is 14.9. The number of aliphatic hydroxyl groups excluding tert-OH is 1. The lowest BCUT2D eigenvalue weighted by molar-refractivity contribution is 0.0730. The van der Waals surface area contributed by atoms with Gasteiger partial charge in [0.15, 0.2) is 0 Å². The highest BCUT2D eigenvalue weighted by molar-refractivity contribution is 5.40. The Morgan fingerprint density at radius 3 is 2.78 bits per heavy atom. The summed E-state index contributed by atoms with van der Waals surface area (Å²) >= 11 is 0. The molecule has 1 rings (SSSR count). The van der Waals surface area contributed by atoms with E-state index in [2.05, 4.69) is 4.90 Å². The van der Waals surface area contributed by atoms with Gasteiger partial charge in [-0.15, -0.1) is 0 Å². The van der Waals surface area contributed by atoms with Crippen LogP contribution in [0.25, 0.3) is 0 Å². The molecule has 0 spiro atoms. The zero-order chi connectivity index (χ0) is 13.4. The van der Waals surface area contributed by atoms with E-state index in [0.717, 1.165) is 6.54 Å². The average Bonchev–Trinajstić information content (AvgIpc) is 2.35. The molecule has 0 heterocycles. The van der Waals surface area contributed by atoms with Gasteiger partial charge in [0.25, 0.3) is 0 Å². The number of likely N-dealkylation sites (N-methyl/N-ethyl adjacent to an activating group) is 1. The molecule has 0 atom stereocenters. The first-order chi connectivity index (χ1) is 8.67. The molecule has 0 aliphatic rings. The van der Waals surface area contributed by atoms with Crippen molar-refractivity contribution in [1.82, 2.24) is 4.90 Å². The van der Waals surface area contributed by atoms with Crippen LogP contribution in [0.1, 0.15) is 12.5 Å². The molecular formula is C13H21FN2O2. The molecule has 0 radical (unpaired) electrons. The minimum absolute atomic E-state index is 0.0265. The lowest BCUT2D eigenvalue weighted by Gasteiger charge is -2.20. The van der Waals surface area contributed by atoms with Gasteiger partial charge in [0.05, 0.1) is 19.8 Å². The molecule has 0 saturated carbocycles. The monoisotopic (exact) mass is 256 g/mol. The summed E-state index contributed by atoms with van der Waals surface area (Å²) in [4.78, 5) is 2.08. The van der Waals surface area contributed by atoms with E-state index in [1.165, 1.54) is 6.07 Å². The standard InChI is InChI=1S/C13H21FN2O2/c1-2-16(5-7-18-8-6-17)10-11-3-4-12(15)9-13(11)14/h3-4,9,17H,2,5-8,10,15H2,1H3. The van der Waals surface area contributed by atoms with Crippen LogP contribution in [-0.2, 0) is 11.3 Å². The molecule has 0 unspecified atom stereocenters. The number of halogens is 1. The van der Waals surface area contributed by atoms with Crippen LogP contribution >= 0.6 is 0 Å². The van der Waals surface area contributed by atoms with Crippen LogP contribution < -0.4 is 5.73 Å². The summed E-state index contributed by atoms with van der Waals surface area (Å²) < 4.78 is 18.8. The second kappa shape index (κ2) is 8.02. The highest BCUT2D eigenvalue weighted by Gasteiger charge is 2.08. The summed E-state index contributed by atoms with van der Waals surface area (Å²) in [5, 5.41) is 8.59. The van der Waals surface area contributed by atoms with Crippen molar-refractivity contribution in [3.05, 3.63) is 29.6 Å². The molecule has 0 bridgehead atoms. The van der Waals surface area contributed by atoms with E-state index in [4.69, 9.17) is 15.6 Å². The van der Waals surface area contributed by atoms with Crippen molar-refractivity contribution in [2.75, 3.05) is 38.6 Å². The number of rotatable bonds is 8. The van der Waals surface area contributed by atoms with E-state index in [1.54, 1.807) is 12.1 Å². The number of nitrogens with zero attached hydrogens (tertiary/aromatic N) is 1. The maximum atomic E-state index is 13.6. The van der Waals surface area contributed by atoms with Gasteiger partial charge in [-0.1, -0.05) is 13.0 Å². The van der Waals surface area contributed by atoms with Crippen LogP contribution in [-0.4, -0.2) is 42.9 Å². The Bertz CT molecular complexity index is 361. The van der Waals surface area contributed by atoms with Gasteiger partial charge in [0.2, 0.25) is 0 Å². The van der Waals surface area contributed by atoms with E-state index in [-0.39, 0.29) is 12.4 Å². The molecule has 3 N–H and O–H groups in total. The Morgan fingerprint density at radius 1 is 1.39 bits per heavy atom. The molecule has 0 aromatic heterocycles. The van der Waals surface area contributed by atoms with E-state index in [9.17, 15) is 4.39 Å². The van der Waals surface area contributed by atoms with Crippen LogP contribution in [0.5, 0.6) is 0 Å². The van der Waals surface area contributed by atoms with Crippen LogP contribution in [0, 0.1) is 5.82 Å². The van der Waals surface area contributed by atoms with Crippen LogP contribution in [0.15, 0.2) is 18.2 Å². The third-order valence-electron chi connectivity index (χ3n) is 2.71. The van der Waals surface area contributed by atoms with Gasteiger partial charge >= 0.3 is 0 Å². The van der Waals surface area contributed by atoms with Gasteiger partial charge in [-0.05, 0) is 18.7 Å². The predicted molar refractivity (Wildman–Crippen MR) is 69.7 cm³/mol. The molecule has 102 valence electrons. The predicted octanol–water partition coefficient (Wildman–Crippen LogP) is 1.24. The number of aliphatic hydroxyl groups is 1. The van der Waals surface area contributed by atoms with E-state index >= 15 is 0 Å². The Morgan fingerprint density at radius 2 is 2.17 bits per heavy atom. The number of hydrogen-bond acceptors (Lipinski definition) is 4. The summed E-state index contributed by atoms with van der Waals surface area (Å²) in [7, 11) is 0. The second-order valence-corrected chi connectivity index (χ2v) is 4.06. The van der Waals surface area contributed by atoms with Crippen molar-refractivity contribution in [1.29, 1.82) is 0 Å². The van der Waals surface area contributed by atoms with E-state index in [1.807, 2.05) is 6.92 Å². The molecule has 0 aliphatic heterocycles. The molecule has 1 aromatic carbocycles. The van der Waals surface area contributed by atoms with Crippen molar-refractivity contribution >= 4 is 5.69 Å². The van der Waals surface area contributed by atoms with Gasteiger partial charge in [-0.3, -0.25) is 4.90 Å². The van der Waals surface area contributed by atoms with Crippen LogP contribution in [0.2, 0.25) is 0 Å². The fourth-order valence-corrected chi connectivity index (χ4v) is 1.64. The third-order valence-corrected chi connectivity index (χ3v) is 2.71. The average molecular weight is 256 g/mol. The molecule has 0 amide bonds. The minimum atomic E-state index is -0.273. The highest BCUT2D eigenvalue weighted by Crippen LogP contribution is 2.13.